The van der Waals surface area contributed by atoms with Crippen molar-refractivity contribution in [2.45, 2.75) is 0 Å². The van der Waals surface area contributed by atoms with E-state index in [-0.39, 0.29) is 0 Å². The molecule has 0 amide bonds. The van der Waals surface area contributed by atoms with E-state index in [4.69, 9.17) is 10.6 Å². The minimum Gasteiger partial charge on any atom is -0.384 e. The first-order chi connectivity index (χ1) is 4.27. The zero-order valence-corrected chi connectivity index (χ0v) is 5.61. The number of rotatable bonds is 5. The molecule has 0 heterocycles. The highest BCUT2D eigenvalue weighted by atomic mass is 16.6. The minimum absolute atomic E-state index is 0.325. The highest BCUT2D eigenvalue weighted by Crippen LogP contribution is 1.68. The summed E-state index contributed by atoms with van der Waals surface area (Å²) in [6.45, 7) is 4.74. The molecular weight excluding hydrogens is 118 g/mol. The Morgan fingerprint density at radius 1 is 1.78 bits per heavy atom. The highest BCUT2D eigenvalue weighted by molar-refractivity contribution is 4.76. The van der Waals surface area contributed by atoms with Crippen LogP contribution in [0.3, 0.4) is 0 Å². The number of hydroxylamine groups is 1. The molecule has 9 heavy (non-hydrogen) atoms. The van der Waals surface area contributed by atoms with Gasteiger partial charge in [-0.2, -0.15) is 0 Å². The van der Waals surface area contributed by atoms with Crippen LogP contribution in [0.4, 0.5) is 0 Å². The molecule has 0 aromatic rings. The van der Waals surface area contributed by atoms with Gasteiger partial charge in [0.1, 0.15) is 5.82 Å². The molecule has 4 heteroatoms. The van der Waals surface area contributed by atoms with E-state index in [9.17, 15) is 0 Å². The highest BCUT2D eigenvalue weighted by Gasteiger charge is 1.82. The Morgan fingerprint density at radius 3 is 2.89 bits per heavy atom. The summed E-state index contributed by atoms with van der Waals surface area (Å²) in [7, 11) is 1.85. The van der Waals surface area contributed by atoms with Gasteiger partial charge in [-0.05, 0) is 7.05 Å². The van der Waals surface area contributed by atoms with Gasteiger partial charge in [-0.3, -0.25) is 10.3 Å². The fourth-order valence-electron chi connectivity index (χ4n) is 0.297. The van der Waals surface area contributed by atoms with Gasteiger partial charge >= 0.3 is 0 Å². The third-order valence-electron chi connectivity index (χ3n) is 0.657. The Morgan fingerprint density at radius 2 is 2.44 bits per heavy atom. The summed E-state index contributed by atoms with van der Waals surface area (Å²) < 4.78 is 0. The quantitative estimate of drug-likeness (QED) is 0.336. The van der Waals surface area contributed by atoms with Gasteiger partial charge in [-0.1, -0.05) is 6.58 Å². The Kier molecular flexibility index (Phi) is 4.95. The van der Waals surface area contributed by atoms with Crippen LogP contribution in [0, 0.1) is 0 Å². The van der Waals surface area contributed by atoms with Crippen molar-refractivity contribution in [2.24, 2.45) is 5.73 Å². The van der Waals surface area contributed by atoms with Crippen LogP contribution in [-0.4, -0.2) is 20.2 Å². The number of likely N-dealkylation sites (N-methyl/N-ethyl adjacent to an activating group) is 1. The summed E-state index contributed by atoms with van der Waals surface area (Å²) in [5.74, 6) is 0.325. The Bertz CT molecular complexity index is 84.3. The van der Waals surface area contributed by atoms with Crippen LogP contribution in [0.1, 0.15) is 0 Å². The van der Waals surface area contributed by atoms with Crippen molar-refractivity contribution < 1.29 is 4.84 Å². The molecule has 0 spiro atoms. The molecule has 0 rings (SSSR count). The lowest BCUT2D eigenvalue weighted by Gasteiger charge is -2.03. The summed E-state index contributed by atoms with van der Waals surface area (Å²) >= 11 is 0. The van der Waals surface area contributed by atoms with Crippen molar-refractivity contribution in [3.05, 3.63) is 12.4 Å². The second-order valence-corrected chi connectivity index (χ2v) is 1.58. The largest absolute Gasteiger partial charge is 0.384 e. The molecule has 4 N–H and O–H groups in total. The molecule has 0 bridgehead atoms. The monoisotopic (exact) mass is 131 g/mol. The van der Waals surface area contributed by atoms with Gasteiger partial charge in [-0.25, -0.2) is 0 Å². The second-order valence-electron chi connectivity index (χ2n) is 1.58. The molecule has 4 nitrogen and oxygen atoms in total. The summed E-state index contributed by atoms with van der Waals surface area (Å²) in [5.41, 5.74) is 7.55. The zero-order chi connectivity index (χ0) is 7.11. The number of nitrogens with one attached hydrogen (secondary N) is 2. The SMILES string of the molecule is C=C(N)NOCCNC. The average Bonchev–Trinajstić information content (AvgIpc) is 1.80. The van der Waals surface area contributed by atoms with Crippen molar-refractivity contribution in [3.63, 3.8) is 0 Å². The minimum atomic E-state index is 0.325. The smallest absolute Gasteiger partial charge is 0.113 e. The maximum Gasteiger partial charge on any atom is 0.113 e. The van der Waals surface area contributed by atoms with E-state index in [0.717, 1.165) is 6.54 Å². The predicted octanol–water partition coefficient (Wildman–Crippen LogP) is -0.843. The molecular formula is C5H13N3O. The molecule has 0 unspecified atom stereocenters. The van der Waals surface area contributed by atoms with Gasteiger partial charge in [0.25, 0.3) is 0 Å². The van der Waals surface area contributed by atoms with Gasteiger partial charge in [0, 0.05) is 6.54 Å². The van der Waals surface area contributed by atoms with E-state index in [0.29, 0.717) is 12.4 Å². The van der Waals surface area contributed by atoms with Crippen molar-refractivity contribution in [1.82, 2.24) is 10.8 Å². The molecule has 54 valence electrons. The molecule has 0 atom stereocenters. The van der Waals surface area contributed by atoms with Crippen LogP contribution in [-0.2, 0) is 4.84 Å². The molecule has 0 radical (unpaired) electrons. The van der Waals surface area contributed by atoms with E-state index in [1.165, 1.54) is 0 Å². The lowest BCUT2D eigenvalue weighted by atomic mass is 10.7. The molecule has 0 aromatic heterocycles. The van der Waals surface area contributed by atoms with Gasteiger partial charge in [0.05, 0.1) is 6.61 Å². The van der Waals surface area contributed by atoms with Crippen LogP contribution in [0.25, 0.3) is 0 Å². The lowest BCUT2D eigenvalue weighted by molar-refractivity contribution is 0.0651. The van der Waals surface area contributed by atoms with Crippen LogP contribution < -0.4 is 16.5 Å². The fourth-order valence-corrected chi connectivity index (χ4v) is 0.297. The van der Waals surface area contributed by atoms with E-state index >= 15 is 0 Å². The molecule has 0 aliphatic heterocycles. The zero-order valence-electron chi connectivity index (χ0n) is 5.61. The molecule has 0 fully saturated rings. The van der Waals surface area contributed by atoms with Crippen LogP contribution in [0.2, 0.25) is 0 Å². The van der Waals surface area contributed by atoms with Crippen molar-refractivity contribution in [3.8, 4) is 0 Å². The van der Waals surface area contributed by atoms with E-state index in [2.05, 4.69) is 17.4 Å². The first-order valence-electron chi connectivity index (χ1n) is 2.74. The predicted molar refractivity (Wildman–Crippen MR) is 36.3 cm³/mol. The lowest BCUT2D eigenvalue weighted by Crippen LogP contribution is -2.24. The Balaban J connectivity index is 2.83. The maximum absolute atomic E-state index is 5.12. The number of nitrogens with two attached hydrogens (primary N) is 1. The standard InChI is InChI=1S/C5H13N3O/c1-5(6)8-9-4-3-7-2/h7-8H,1,3-4,6H2,2H3. The molecule has 0 aromatic carbocycles. The number of hydrogen-bond donors (Lipinski definition) is 3. The third-order valence-corrected chi connectivity index (χ3v) is 0.657. The molecule has 0 aliphatic carbocycles. The average molecular weight is 131 g/mol. The van der Waals surface area contributed by atoms with Crippen molar-refractivity contribution in [1.29, 1.82) is 0 Å². The Labute approximate surface area is 55.0 Å². The maximum atomic E-state index is 5.12. The topological polar surface area (TPSA) is 59.3 Å². The van der Waals surface area contributed by atoms with Crippen LogP contribution >= 0.6 is 0 Å². The third kappa shape index (κ3) is 7.26. The van der Waals surface area contributed by atoms with Crippen molar-refractivity contribution >= 4 is 0 Å². The van der Waals surface area contributed by atoms with Gasteiger partial charge in [0.15, 0.2) is 0 Å². The summed E-state index contributed by atoms with van der Waals surface area (Å²) in [6, 6.07) is 0. The summed E-state index contributed by atoms with van der Waals surface area (Å²) in [6.07, 6.45) is 0. The summed E-state index contributed by atoms with van der Waals surface area (Å²) in [4.78, 5) is 4.80. The Hall–Kier alpha value is -0.740. The molecule has 0 saturated carbocycles. The van der Waals surface area contributed by atoms with E-state index in [1.54, 1.807) is 0 Å². The first-order valence-corrected chi connectivity index (χ1v) is 2.74. The van der Waals surface area contributed by atoms with Crippen LogP contribution in [0.5, 0.6) is 0 Å². The van der Waals surface area contributed by atoms with Gasteiger partial charge in [-0.15, -0.1) is 0 Å². The first kappa shape index (κ1) is 8.26. The van der Waals surface area contributed by atoms with Crippen molar-refractivity contribution in [2.75, 3.05) is 20.2 Å². The van der Waals surface area contributed by atoms with Crippen LogP contribution in [0.15, 0.2) is 12.4 Å². The fraction of sp³-hybridized carbons (Fsp3) is 0.600. The molecule has 0 aliphatic rings. The van der Waals surface area contributed by atoms with Gasteiger partial charge < -0.3 is 11.1 Å². The van der Waals surface area contributed by atoms with E-state index in [1.807, 2.05) is 7.05 Å². The number of hydrogen-bond acceptors (Lipinski definition) is 4. The second kappa shape index (κ2) is 5.40. The van der Waals surface area contributed by atoms with E-state index < -0.39 is 0 Å². The summed E-state index contributed by atoms with van der Waals surface area (Å²) in [5, 5.41) is 2.91. The normalized spacial score (nSPS) is 9.00. The molecule has 0 saturated heterocycles. The van der Waals surface area contributed by atoms with Gasteiger partial charge in [0.2, 0.25) is 0 Å².